The van der Waals surface area contributed by atoms with E-state index in [1.165, 1.54) is 16.6 Å². The quantitative estimate of drug-likeness (QED) is 0.740. The Bertz CT molecular complexity index is 902. The van der Waals surface area contributed by atoms with Crippen molar-refractivity contribution in [1.82, 2.24) is 9.55 Å². The number of hydrogen-bond acceptors (Lipinski definition) is 4. The first-order chi connectivity index (χ1) is 11.2. The number of anilines is 1. The standard InChI is InChI=1S/C16H15N3O3S/c20-23(21,16-6-3-9-22-16)19-11-14(18-8-7-17-12-18)10-13-4-1-2-5-15(13)19/h1-9,12,14H,10-11H2/t14-/m1/s1. The molecule has 1 aliphatic rings. The minimum absolute atomic E-state index is 0.00265. The third-order valence-corrected chi connectivity index (χ3v) is 5.75. The van der Waals surface area contributed by atoms with Crippen LogP contribution in [0.2, 0.25) is 0 Å². The molecule has 23 heavy (non-hydrogen) atoms. The Kier molecular flexibility index (Phi) is 3.23. The van der Waals surface area contributed by atoms with Crippen molar-refractivity contribution in [3.05, 3.63) is 66.9 Å². The van der Waals surface area contributed by atoms with Crippen molar-refractivity contribution in [1.29, 1.82) is 0 Å². The summed E-state index contributed by atoms with van der Waals surface area (Å²) in [6.07, 6.45) is 7.41. The lowest BCUT2D eigenvalue weighted by Gasteiger charge is -2.35. The summed E-state index contributed by atoms with van der Waals surface area (Å²) in [6.45, 7) is 0.344. The van der Waals surface area contributed by atoms with Crippen LogP contribution in [0.5, 0.6) is 0 Å². The van der Waals surface area contributed by atoms with Crippen molar-refractivity contribution in [2.24, 2.45) is 0 Å². The second-order valence-electron chi connectivity index (χ2n) is 5.46. The van der Waals surface area contributed by atoms with Crippen LogP contribution >= 0.6 is 0 Å². The number of para-hydroxylation sites is 1. The summed E-state index contributed by atoms with van der Waals surface area (Å²) in [5.41, 5.74) is 1.70. The molecule has 7 heteroatoms. The lowest BCUT2D eigenvalue weighted by Crippen LogP contribution is -2.40. The topological polar surface area (TPSA) is 68.3 Å². The van der Waals surface area contributed by atoms with Gasteiger partial charge in [-0.1, -0.05) is 18.2 Å². The van der Waals surface area contributed by atoms with E-state index >= 15 is 0 Å². The maximum absolute atomic E-state index is 12.9. The van der Waals surface area contributed by atoms with Gasteiger partial charge in [0, 0.05) is 12.4 Å². The summed E-state index contributed by atoms with van der Waals surface area (Å²) in [7, 11) is -3.72. The minimum atomic E-state index is -3.72. The first kappa shape index (κ1) is 14.1. The van der Waals surface area contributed by atoms with E-state index in [1.807, 2.05) is 35.0 Å². The number of sulfonamides is 1. The summed E-state index contributed by atoms with van der Waals surface area (Å²) in [5, 5.41) is -0.0430. The first-order valence-corrected chi connectivity index (χ1v) is 8.72. The van der Waals surface area contributed by atoms with E-state index in [0.717, 1.165) is 12.0 Å². The van der Waals surface area contributed by atoms with Crippen LogP contribution < -0.4 is 4.31 Å². The highest BCUT2D eigenvalue weighted by atomic mass is 32.2. The van der Waals surface area contributed by atoms with Crippen LogP contribution in [0.3, 0.4) is 0 Å². The molecular weight excluding hydrogens is 314 g/mol. The largest absolute Gasteiger partial charge is 0.451 e. The Morgan fingerprint density at radius 1 is 1.17 bits per heavy atom. The van der Waals surface area contributed by atoms with Crippen molar-refractivity contribution < 1.29 is 12.8 Å². The highest BCUT2D eigenvalue weighted by Gasteiger charge is 2.35. The van der Waals surface area contributed by atoms with Crippen molar-refractivity contribution in [2.75, 3.05) is 10.8 Å². The average molecular weight is 329 g/mol. The fourth-order valence-corrected chi connectivity index (χ4v) is 4.42. The Hall–Kier alpha value is -2.54. The van der Waals surface area contributed by atoms with Gasteiger partial charge in [0.15, 0.2) is 0 Å². The van der Waals surface area contributed by atoms with E-state index in [-0.39, 0.29) is 11.1 Å². The number of nitrogens with zero attached hydrogens (tertiary/aromatic N) is 3. The molecule has 0 fully saturated rings. The van der Waals surface area contributed by atoms with Gasteiger partial charge in [0.1, 0.15) is 0 Å². The van der Waals surface area contributed by atoms with Crippen LogP contribution in [-0.4, -0.2) is 24.5 Å². The van der Waals surface area contributed by atoms with Gasteiger partial charge in [-0.05, 0) is 30.2 Å². The highest BCUT2D eigenvalue weighted by molar-refractivity contribution is 7.92. The van der Waals surface area contributed by atoms with Crippen molar-refractivity contribution in [2.45, 2.75) is 17.6 Å². The number of rotatable bonds is 3. The van der Waals surface area contributed by atoms with Crippen LogP contribution in [0.15, 0.2) is 70.9 Å². The molecule has 0 saturated carbocycles. The molecule has 0 aliphatic carbocycles. The summed E-state index contributed by atoms with van der Waals surface area (Å²) in [4.78, 5) is 4.07. The monoisotopic (exact) mass is 329 g/mol. The number of aromatic nitrogens is 2. The Labute approximate surface area is 134 Å². The lowest BCUT2D eigenvalue weighted by atomic mass is 10.00. The highest BCUT2D eigenvalue weighted by Crippen LogP contribution is 2.35. The minimum Gasteiger partial charge on any atom is -0.451 e. The van der Waals surface area contributed by atoms with Crippen LogP contribution in [0.1, 0.15) is 11.6 Å². The summed E-state index contributed by atoms with van der Waals surface area (Å²) in [5.74, 6) is 0. The zero-order chi connectivity index (χ0) is 15.9. The fraction of sp³-hybridized carbons (Fsp3) is 0.188. The van der Waals surface area contributed by atoms with Gasteiger partial charge >= 0.3 is 0 Å². The maximum atomic E-state index is 12.9. The molecule has 3 heterocycles. The molecule has 1 atom stereocenters. The number of fused-ring (bicyclic) bond motifs is 1. The molecular formula is C16H15N3O3S. The summed E-state index contributed by atoms with van der Waals surface area (Å²) in [6, 6.07) is 10.6. The molecule has 118 valence electrons. The van der Waals surface area contributed by atoms with Crippen LogP contribution in [0, 0.1) is 0 Å². The SMILES string of the molecule is O=S(=O)(c1ccco1)N1C[C@H](n2ccnc2)Cc2ccccc21. The second kappa shape index (κ2) is 5.27. The molecule has 0 saturated heterocycles. The Morgan fingerprint density at radius 3 is 2.78 bits per heavy atom. The molecule has 1 aromatic carbocycles. The smallest absolute Gasteiger partial charge is 0.297 e. The molecule has 2 aromatic heterocycles. The number of imidazole rings is 1. The first-order valence-electron chi connectivity index (χ1n) is 7.28. The van der Waals surface area contributed by atoms with Crippen molar-refractivity contribution in [3.8, 4) is 0 Å². The zero-order valence-electron chi connectivity index (χ0n) is 12.2. The van der Waals surface area contributed by atoms with Gasteiger partial charge in [0.05, 0.1) is 30.9 Å². The van der Waals surface area contributed by atoms with E-state index in [0.29, 0.717) is 12.2 Å². The van der Waals surface area contributed by atoms with Crippen LogP contribution in [0.25, 0.3) is 0 Å². The van der Waals surface area contributed by atoms with E-state index in [9.17, 15) is 8.42 Å². The predicted octanol–water partition coefficient (Wildman–Crippen LogP) is 2.47. The van der Waals surface area contributed by atoms with Gasteiger partial charge in [-0.25, -0.2) is 4.98 Å². The molecule has 0 radical (unpaired) electrons. The van der Waals surface area contributed by atoms with Crippen LogP contribution in [-0.2, 0) is 16.4 Å². The van der Waals surface area contributed by atoms with E-state index in [2.05, 4.69) is 4.98 Å². The van der Waals surface area contributed by atoms with Crippen molar-refractivity contribution >= 4 is 15.7 Å². The number of furan rings is 1. The van der Waals surface area contributed by atoms with Crippen molar-refractivity contribution in [3.63, 3.8) is 0 Å². The molecule has 3 aromatic rings. The van der Waals surface area contributed by atoms with Gasteiger partial charge in [-0.3, -0.25) is 4.31 Å². The fourth-order valence-electron chi connectivity index (χ4n) is 2.97. The summed E-state index contributed by atoms with van der Waals surface area (Å²) >= 11 is 0. The van der Waals surface area contributed by atoms with Gasteiger partial charge in [0.25, 0.3) is 10.0 Å². The second-order valence-corrected chi connectivity index (χ2v) is 7.26. The third-order valence-electron chi connectivity index (χ3n) is 4.08. The van der Waals surface area contributed by atoms with E-state index < -0.39 is 10.0 Å². The number of hydrogen-bond donors (Lipinski definition) is 0. The van der Waals surface area contributed by atoms with Gasteiger partial charge in [-0.2, -0.15) is 8.42 Å². The molecule has 0 amide bonds. The Balaban J connectivity index is 1.82. The van der Waals surface area contributed by atoms with Gasteiger partial charge in [0.2, 0.25) is 5.09 Å². The lowest BCUT2D eigenvalue weighted by molar-refractivity contribution is 0.441. The van der Waals surface area contributed by atoms with Gasteiger partial charge < -0.3 is 8.98 Å². The molecule has 0 N–H and O–H groups in total. The molecule has 1 aliphatic heterocycles. The maximum Gasteiger partial charge on any atom is 0.297 e. The average Bonchev–Trinajstić information content (AvgIpc) is 3.27. The molecule has 6 nitrogen and oxygen atoms in total. The van der Waals surface area contributed by atoms with Crippen LogP contribution in [0.4, 0.5) is 5.69 Å². The predicted molar refractivity (Wildman–Crippen MR) is 84.6 cm³/mol. The normalized spacial score (nSPS) is 17.9. The van der Waals surface area contributed by atoms with E-state index in [4.69, 9.17) is 4.42 Å². The number of benzene rings is 1. The molecule has 0 bridgehead atoms. The van der Waals surface area contributed by atoms with E-state index in [1.54, 1.807) is 18.6 Å². The third kappa shape index (κ3) is 2.33. The molecule has 0 unspecified atom stereocenters. The zero-order valence-corrected chi connectivity index (χ0v) is 13.1. The van der Waals surface area contributed by atoms with Gasteiger partial charge in [-0.15, -0.1) is 0 Å². The molecule has 4 rings (SSSR count). The summed E-state index contributed by atoms with van der Waals surface area (Å²) < 4.78 is 34.4. The Morgan fingerprint density at radius 2 is 2.04 bits per heavy atom. The molecule has 0 spiro atoms.